The van der Waals surface area contributed by atoms with E-state index in [0.29, 0.717) is 19.4 Å². The quantitative estimate of drug-likeness (QED) is 0.697. The summed E-state index contributed by atoms with van der Waals surface area (Å²) in [6, 6.07) is 9.60. The first-order valence-corrected chi connectivity index (χ1v) is 4.74. The second-order valence-electron chi connectivity index (χ2n) is 3.42. The average molecular weight is 205 g/mol. The van der Waals surface area contributed by atoms with Gasteiger partial charge in [-0.2, -0.15) is 0 Å². The zero-order valence-corrected chi connectivity index (χ0v) is 8.13. The fraction of sp³-hybridized carbons (Fsp3) is 0.273. The minimum absolute atomic E-state index is 0.344. The van der Waals surface area contributed by atoms with Crippen LogP contribution in [-0.2, 0) is 16.1 Å². The number of amides is 1. The summed E-state index contributed by atoms with van der Waals surface area (Å²) in [5.74, 6) is 0. The second kappa shape index (κ2) is 4.13. The van der Waals surface area contributed by atoms with Gasteiger partial charge in [0.05, 0.1) is 6.54 Å². The summed E-state index contributed by atoms with van der Waals surface area (Å²) in [7, 11) is 0. The molecular weight excluding hydrogens is 194 g/mol. The van der Waals surface area contributed by atoms with Crippen LogP contribution in [0.25, 0.3) is 0 Å². The summed E-state index contributed by atoms with van der Waals surface area (Å²) < 4.78 is 4.81. The van der Waals surface area contributed by atoms with E-state index >= 15 is 0 Å². The number of cyclic esters (lactones) is 1. The van der Waals surface area contributed by atoms with Crippen LogP contribution in [0.5, 0.6) is 0 Å². The smallest absolute Gasteiger partial charge is 0.410 e. The first-order valence-electron chi connectivity index (χ1n) is 4.74. The molecule has 1 aromatic rings. The molecule has 0 spiro atoms. The standard InChI is InChI=1S/C11H11NO3/c13-8-10-7-12(11(14)15-10)6-9-4-2-1-3-5-9/h1-5,8,10H,6-7H2/t10-/m0/s1. The first-order chi connectivity index (χ1) is 7.29. The van der Waals surface area contributed by atoms with Crippen molar-refractivity contribution in [3.05, 3.63) is 35.9 Å². The highest BCUT2D eigenvalue weighted by atomic mass is 16.6. The van der Waals surface area contributed by atoms with Gasteiger partial charge >= 0.3 is 6.09 Å². The lowest BCUT2D eigenvalue weighted by molar-refractivity contribution is -0.113. The Morgan fingerprint density at radius 1 is 1.40 bits per heavy atom. The lowest BCUT2D eigenvalue weighted by Crippen LogP contribution is -2.24. The molecule has 78 valence electrons. The number of hydrogen-bond donors (Lipinski definition) is 0. The van der Waals surface area contributed by atoms with Crippen molar-refractivity contribution in [2.45, 2.75) is 12.6 Å². The van der Waals surface area contributed by atoms with Gasteiger partial charge in [0.1, 0.15) is 0 Å². The van der Waals surface area contributed by atoms with Crippen LogP contribution in [0.4, 0.5) is 4.79 Å². The highest BCUT2D eigenvalue weighted by Crippen LogP contribution is 2.13. The van der Waals surface area contributed by atoms with Crippen LogP contribution >= 0.6 is 0 Å². The molecule has 2 rings (SSSR count). The molecule has 0 bridgehead atoms. The Bertz CT molecular complexity index is 363. The minimum Gasteiger partial charge on any atom is -0.436 e. The molecule has 0 saturated carbocycles. The largest absolute Gasteiger partial charge is 0.436 e. The minimum atomic E-state index is -0.610. The molecule has 1 aromatic carbocycles. The Kier molecular flexibility index (Phi) is 2.67. The topological polar surface area (TPSA) is 46.6 Å². The average Bonchev–Trinajstić information content (AvgIpc) is 2.61. The molecule has 1 aliphatic rings. The molecule has 4 heteroatoms. The third-order valence-electron chi connectivity index (χ3n) is 2.28. The Labute approximate surface area is 87.4 Å². The van der Waals surface area contributed by atoms with E-state index in [2.05, 4.69) is 0 Å². The summed E-state index contributed by atoms with van der Waals surface area (Å²) in [6.07, 6.45) is -0.375. The van der Waals surface area contributed by atoms with E-state index in [4.69, 9.17) is 4.74 Å². The SMILES string of the molecule is O=C[C@@H]1CN(Cc2ccccc2)C(=O)O1. The number of rotatable bonds is 3. The molecule has 1 fully saturated rings. The van der Waals surface area contributed by atoms with Crippen molar-refractivity contribution >= 4 is 12.4 Å². The molecule has 1 amide bonds. The first kappa shape index (κ1) is 9.71. The molecule has 0 aromatic heterocycles. The zero-order chi connectivity index (χ0) is 10.7. The fourth-order valence-corrected chi connectivity index (χ4v) is 1.54. The van der Waals surface area contributed by atoms with Crippen LogP contribution in [0.1, 0.15) is 5.56 Å². The van der Waals surface area contributed by atoms with Crippen molar-refractivity contribution in [3.8, 4) is 0 Å². The van der Waals surface area contributed by atoms with Crippen molar-refractivity contribution < 1.29 is 14.3 Å². The number of carbonyl (C=O) groups is 2. The van der Waals surface area contributed by atoms with E-state index in [9.17, 15) is 9.59 Å². The van der Waals surface area contributed by atoms with Gasteiger partial charge in [0, 0.05) is 6.54 Å². The number of ether oxygens (including phenoxy) is 1. The van der Waals surface area contributed by atoms with Crippen LogP contribution in [0, 0.1) is 0 Å². The molecule has 1 heterocycles. The molecule has 0 unspecified atom stereocenters. The summed E-state index contributed by atoms with van der Waals surface area (Å²) in [4.78, 5) is 23.3. The molecule has 4 nitrogen and oxygen atoms in total. The maximum absolute atomic E-state index is 11.3. The van der Waals surface area contributed by atoms with Gasteiger partial charge in [0.2, 0.25) is 0 Å². The van der Waals surface area contributed by atoms with Crippen LogP contribution in [0.15, 0.2) is 30.3 Å². The number of carbonyl (C=O) groups excluding carboxylic acids is 2. The van der Waals surface area contributed by atoms with Gasteiger partial charge in [-0.05, 0) is 5.56 Å². The molecule has 1 aliphatic heterocycles. The van der Waals surface area contributed by atoms with Gasteiger partial charge in [0.25, 0.3) is 0 Å². The van der Waals surface area contributed by atoms with Crippen LogP contribution in [0.2, 0.25) is 0 Å². The number of aldehydes is 1. The fourth-order valence-electron chi connectivity index (χ4n) is 1.54. The third-order valence-corrected chi connectivity index (χ3v) is 2.28. The second-order valence-corrected chi connectivity index (χ2v) is 3.42. The van der Waals surface area contributed by atoms with Gasteiger partial charge in [-0.1, -0.05) is 30.3 Å². The third kappa shape index (κ3) is 2.15. The molecular formula is C11H11NO3. The molecule has 15 heavy (non-hydrogen) atoms. The van der Waals surface area contributed by atoms with Crippen molar-refractivity contribution in [2.75, 3.05) is 6.54 Å². The normalized spacial score (nSPS) is 20.1. The predicted octanol–water partition coefficient (Wildman–Crippen LogP) is 1.21. The van der Waals surface area contributed by atoms with Gasteiger partial charge in [-0.3, -0.25) is 9.69 Å². The predicted molar refractivity (Wildman–Crippen MR) is 53.2 cm³/mol. The van der Waals surface area contributed by atoms with Crippen molar-refractivity contribution in [3.63, 3.8) is 0 Å². The maximum atomic E-state index is 11.3. The van der Waals surface area contributed by atoms with E-state index in [0.717, 1.165) is 5.56 Å². The summed E-state index contributed by atoms with van der Waals surface area (Å²) >= 11 is 0. The van der Waals surface area contributed by atoms with E-state index < -0.39 is 12.2 Å². The van der Waals surface area contributed by atoms with E-state index in [1.54, 1.807) is 0 Å². The molecule has 1 atom stereocenters. The Morgan fingerprint density at radius 3 is 2.73 bits per heavy atom. The number of hydrogen-bond acceptors (Lipinski definition) is 3. The lowest BCUT2D eigenvalue weighted by atomic mass is 10.2. The maximum Gasteiger partial charge on any atom is 0.410 e. The van der Waals surface area contributed by atoms with Crippen molar-refractivity contribution in [1.82, 2.24) is 4.90 Å². The van der Waals surface area contributed by atoms with E-state index in [1.807, 2.05) is 30.3 Å². The van der Waals surface area contributed by atoms with Crippen LogP contribution in [-0.4, -0.2) is 29.9 Å². The van der Waals surface area contributed by atoms with Crippen LogP contribution < -0.4 is 0 Å². The van der Waals surface area contributed by atoms with Crippen molar-refractivity contribution in [1.29, 1.82) is 0 Å². The van der Waals surface area contributed by atoms with Gasteiger partial charge in [-0.15, -0.1) is 0 Å². The number of benzene rings is 1. The van der Waals surface area contributed by atoms with Crippen LogP contribution in [0.3, 0.4) is 0 Å². The summed E-state index contributed by atoms with van der Waals surface area (Å²) in [5, 5.41) is 0. The van der Waals surface area contributed by atoms with Crippen molar-refractivity contribution in [2.24, 2.45) is 0 Å². The highest BCUT2D eigenvalue weighted by Gasteiger charge is 2.30. The summed E-state index contributed by atoms with van der Waals surface area (Å²) in [5.41, 5.74) is 1.03. The lowest BCUT2D eigenvalue weighted by Gasteiger charge is -2.11. The highest BCUT2D eigenvalue weighted by molar-refractivity contribution is 5.75. The molecule has 0 N–H and O–H groups in total. The monoisotopic (exact) mass is 205 g/mol. The Balaban J connectivity index is 2.01. The zero-order valence-electron chi connectivity index (χ0n) is 8.13. The van der Waals surface area contributed by atoms with Gasteiger partial charge in [-0.25, -0.2) is 4.79 Å². The molecule has 1 saturated heterocycles. The Morgan fingerprint density at radius 2 is 2.13 bits per heavy atom. The molecule has 0 radical (unpaired) electrons. The van der Waals surface area contributed by atoms with E-state index in [-0.39, 0.29) is 0 Å². The van der Waals surface area contributed by atoms with E-state index in [1.165, 1.54) is 4.90 Å². The summed E-state index contributed by atoms with van der Waals surface area (Å²) in [6.45, 7) is 0.835. The number of nitrogens with zero attached hydrogens (tertiary/aromatic N) is 1. The Hall–Kier alpha value is -1.84. The van der Waals surface area contributed by atoms with Gasteiger partial charge < -0.3 is 4.74 Å². The molecule has 0 aliphatic carbocycles. The van der Waals surface area contributed by atoms with Gasteiger partial charge in [0.15, 0.2) is 12.4 Å².